The summed E-state index contributed by atoms with van der Waals surface area (Å²) in [5.41, 5.74) is -0.155. The maximum atomic E-state index is 12.6. The first-order valence-corrected chi connectivity index (χ1v) is 5.52. The third kappa shape index (κ3) is 2.76. The molecular weight excluding hydrogens is 257 g/mol. The number of allylic oxidation sites excluding steroid dienone is 1. The summed E-state index contributed by atoms with van der Waals surface area (Å²) >= 11 is 0. The van der Waals surface area contributed by atoms with Crippen molar-refractivity contribution in [2.75, 3.05) is 0 Å². The van der Waals surface area contributed by atoms with E-state index >= 15 is 0 Å². The molecule has 1 aromatic rings. The van der Waals surface area contributed by atoms with Crippen molar-refractivity contribution in [2.45, 2.75) is 19.0 Å². The third-order valence-electron chi connectivity index (χ3n) is 2.78. The number of halogens is 3. The predicted octanol–water partition coefficient (Wildman–Crippen LogP) is 2.85. The van der Waals surface area contributed by atoms with E-state index in [1.165, 1.54) is 12.1 Å². The van der Waals surface area contributed by atoms with Crippen LogP contribution in [0.15, 0.2) is 29.8 Å². The molecular formula is C13H9F3N2O. The highest BCUT2D eigenvalue weighted by Gasteiger charge is 2.31. The van der Waals surface area contributed by atoms with Crippen LogP contribution in [0.3, 0.4) is 0 Å². The Hall–Kier alpha value is -2.29. The van der Waals surface area contributed by atoms with E-state index in [2.05, 4.69) is 5.32 Å². The van der Waals surface area contributed by atoms with Crippen LogP contribution >= 0.6 is 0 Å². The van der Waals surface area contributed by atoms with Crippen LogP contribution in [0.4, 0.5) is 13.2 Å². The largest absolute Gasteiger partial charge is 0.416 e. The molecule has 0 aliphatic carbocycles. The quantitative estimate of drug-likeness (QED) is 0.849. The van der Waals surface area contributed by atoms with Gasteiger partial charge in [0.15, 0.2) is 0 Å². The van der Waals surface area contributed by atoms with E-state index < -0.39 is 11.7 Å². The lowest BCUT2D eigenvalue weighted by Gasteiger charge is -2.18. The molecule has 0 atom stereocenters. The van der Waals surface area contributed by atoms with Crippen molar-refractivity contribution in [3.63, 3.8) is 0 Å². The van der Waals surface area contributed by atoms with Crippen molar-refractivity contribution in [3.05, 3.63) is 41.0 Å². The molecule has 0 radical (unpaired) electrons. The monoisotopic (exact) mass is 266 g/mol. The number of nitrogens with zero attached hydrogens (tertiary/aromatic N) is 1. The van der Waals surface area contributed by atoms with E-state index in [0.717, 1.165) is 12.1 Å². The maximum Gasteiger partial charge on any atom is 0.416 e. The van der Waals surface area contributed by atoms with Gasteiger partial charge in [0.2, 0.25) is 5.91 Å². The maximum absolute atomic E-state index is 12.6. The molecule has 2 rings (SSSR count). The zero-order chi connectivity index (χ0) is 14.0. The van der Waals surface area contributed by atoms with Crippen LogP contribution in [0.5, 0.6) is 0 Å². The summed E-state index contributed by atoms with van der Waals surface area (Å²) in [6, 6.07) is 6.48. The van der Waals surface area contributed by atoms with Crippen molar-refractivity contribution >= 4 is 11.6 Å². The van der Waals surface area contributed by atoms with Gasteiger partial charge in [0, 0.05) is 6.42 Å². The minimum Gasteiger partial charge on any atom is -0.325 e. The van der Waals surface area contributed by atoms with Crippen LogP contribution in [0.2, 0.25) is 0 Å². The van der Waals surface area contributed by atoms with Gasteiger partial charge in [-0.2, -0.15) is 18.4 Å². The fourth-order valence-electron chi connectivity index (χ4n) is 1.85. The van der Waals surface area contributed by atoms with Gasteiger partial charge < -0.3 is 5.32 Å². The van der Waals surface area contributed by atoms with Crippen LogP contribution in [0, 0.1) is 11.3 Å². The second-order valence-electron chi connectivity index (χ2n) is 4.09. The number of benzene rings is 1. The Morgan fingerprint density at radius 3 is 2.63 bits per heavy atom. The zero-order valence-electron chi connectivity index (χ0n) is 9.71. The number of nitrogens with one attached hydrogen (secondary N) is 1. The molecule has 1 N–H and O–H groups in total. The Balaban J connectivity index is 2.49. The first-order chi connectivity index (χ1) is 8.91. The molecule has 1 aromatic carbocycles. The average molecular weight is 266 g/mol. The standard InChI is InChI=1S/C13H9F3N2O/c14-13(15,16)10-3-1-2-8(6-10)12-9(7-17)4-5-11(19)18-12/h1-3,6H,4-5H2,(H,18,19). The molecule has 1 heterocycles. The minimum atomic E-state index is -4.46. The highest BCUT2D eigenvalue weighted by Crippen LogP contribution is 2.32. The van der Waals surface area contributed by atoms with Crippen molar-refractivity contribution in [1.29, 1.82) is 5.26 Å². The number of carbonyl (C=O) groups excluding carboxylic acids is 1. The van der Waals surface area contributed by atoms with Gasteiger partial charge in [-0.05, 0) is 24.1 Å². The van der Waals surface area contributed by atoms with Gasteiger partial charge in [-0.15, -0.1) is 0 Å². The van der Waals surface area contributed by atoms with E-state index in [1.54, 1.807) is 0 Å². The lowest BCUT2D eigenvalue weighted by molar-refractivity contribution is -0.137. The van der Waals surface area contributed by atoms with Gasteiger partial charge in [-0.3, -0.25) is 4.79 Å². The Labute approximate surface area is 107 Å². The molecule has 0 saturated heterocycles. The summed E-state index contributed by atoms with van der Waals surface area (Å²) in [6.07, 6.45) is -4.04. The fraction of sp³-hybridized carbons (Fsp3) is 0.231. The van der Waals surface area contributed by atoms with E-state index in [9.17, 15) is 18.0 Å². The average Bonchev–Trinajstić information content (AvgIpc) is 2.38. The third-order valence-corrected chi connectivity index (χ3v) is 2.78. The first-order valence-electron chi connectivity index (χ1n) is 5.52. The molecule has 98 valence electrons. The van der Waals surface area contributed by atoms with E-state index in [1.807, 2.05) is 6.07 Å². The van der Waals surface area contributed by atoms with Crippen LogP contribution in [-0.4, -0.2) is 5.91 Å². The highest BCUT2D eigenvalue weighted by molar-refractivity contribution is 5.91. The molecule has 0 bridgehead atoms. The number of hydrogen-bond donors (Lipinski definition) is 1. The smallest absolute Gasteiger partial charge is 0.325 e. The molecule has 0 spiro atoms. The summed E-state index contributed by atoms with van der Waals surface area (Å²) in [6.45, 7) is 0. The number of nitriles is 1. The second kappa shape index (κ2) is 4.76. The fourth-order valence-corrected chi connectivity index (χ4v) is 1.85. The predicted molar refractivity (Wildman–Crippen MR) is 61.4 cm³/mol. The lowest BCUT2D eigenvalue weighted by atomic mass is 9.98. The topological polar surface area (TPSA) is 52.9 Å². The zero-order valence-corrected chi connectivity index (χ0v) is 9.71. The van der Waals surface area contributed by atoms with E-state index in [-0.39, 0.29) is 30.0 Å². The van der Waals surface area contributed by atoms with Gasteiger partial charge in [-0.25, -0.2) is 0 Å². The Morgan fingerprint density at radius 2 is 2.00 bits per heavy atom. The highest BCUT2D eigenvalue weighted by atomic mass is 19.4. The number of rotatable bonds is 1. The second-order valence-corrected chi connectivity index (χ2v) is 4.09. The SMILES string of the molecule is N#CC1=C(c2cccc(C(F)(F)F)c2)NC(=O)CC1. The van der Waals surface area contributed by atoms with Crippen molar-refractivity contribution < 1.29 is 18.0 Å². The van der Waals surface area contributed by atoms with Crippen molar-refractivity contribution in [3.8, 4) is 6.07 Å². The summed E-state index contributed by atoms with van der Waals surface area (Å²) in [5.74, 6) is -0.300. The summed E-state index contributed by atoms with van der Waals surface area (Å²) < 4.78 is 37.9. The van der Waals surface area contributed by atoms with E-state index in [4.69, 9.17) is 5.26 Å². The van der Waals surface area contributed by atoms with Gasteiger partial charge >= 0.3 is 6.18 Å². The van der Waals surface area contributed by atoms with E-state index in [0.29, 0.717) is 5.57 Å². The van der Waals surface area contributed by atoms with Crippen LogP contribution in [0.25, 0.3) is 5.70 Å². The molecule has 0 unspecified atom stereocenters. The Morgan fingerprint density at radius 1 is 1.26 bits per heavy atom. The first kappa shape index (κ1) is 13.1. The number of alkyl halides is 3. The van der Waals surface area contributed by atoms with Gasteiger partial charge in [0.05, 0.1) is 22.9 Å². The molecule has 1 aliphatic rings. The molecule has 1 amide bonds. The Kier molecular flexibility index (Phi) is 3.30. The summed E-state index contributed by atoms with van der Waals surface area (Å²) in [7, 11) is 0. The molecule has 0 fully saturated rings. The molecule has 1 aliphatic heterocycles. The Bertz CT molecular complexity index is 597. The van der Waals surface area contributed by atoms with Crippen molar-refractivity contribution in [2.24, 2.45) is 0 Å². The molecule has 3 nitrogen and oxygen atoms in total. The molecule has 0 saturated carbocycles. The van der Waals surface area contributed by atoms with Crippen molar-refractivity contribution in [1.82, 2.24) is 5.32 Å². The minimum absolute atomic E-state index is 0.171. The molecule has 19 heavy (non-hydrogen) atoms. The van der Waals surface area contributed by atoms with Crippen LogP contribution in [0.1, 0.15) is 24.0 Å². The van der Waals surface area contributed by atoms with Crippen LogP contribution < -0.4 is 5.32 Å². The lowest BCUT2D eigenvalue weighted by Crippen LogP contribution is -2.27. The molecule has 6 heteroatoms. The molecule has 0 aromatic heterocycles. The van der Waals surface area contributed by atoms with Gasteiger partial charge in [-0.1, -0.05) is 12.1 Å². The van der Waals surface area contributed by atoms with Crippen LogP contribution in [-0.2, 0) is 11.0 Å². The summed E-state index contributed by atoms with van der Waals surface area (Å²) in [5, 5.41) is 11.4. The van der Waals surface area contributed by atoms with Gasteiger partial charge in [0.1, 0.15) is 0 Å². The number of amides is 1. The summed E-state index contributed by atoms with van der Waals surface area (Å²) in [4.78, 5) is 11.3. The number of carbonyl (C=O) groups is 1. The number of hydrogen-bond acceptors (Lipinski definition) is 2. The van der Waals surface area contributed by atoms with Gasteiger partial charge in [0.25, 0.3) is 0 Å². The normalized spacial score (nSPS) is 16.0.